The monoisotopic (exact) mass is 372 g/mol. The number of hydrogen-bond acceptors (Lipinski definition) is 5. The molecule has 1 aliphatic heterocycles. The first kappa shape index (κ1) is 19.2. The third-order valence-corrected chi connectivity index (χ3v) is 4.97. The summed E-state index contributed by atoms with van der Waals surface area (Å²) >= 11 is 0. The third-order valence-electron chi connectivity index (χ3n) is 4.97. The lowest BCUT2D eigenvalue weighted by molar-refractivity contribution is 0.122. The van der Waals surface area contributed by atoms with Crippen molar-refractivity contribution in [3.05, 3.63) is 56.2 Å². The van der Waals surface area contributed by atoms with Crippen LogP contribution in [0.2, 0.25) is 0 Å². The molecule has 1 fully saturated rings. The number of rotatable bonds is 6. The summed E-state index contributed by atoms with van der Waals surface area (Å²) in [6.45, 7) is 7.09. The summed E-state index contributed by atoms with van der Waals surface area (Å²) in [5.41, 5.74) is 8.11. The number of aryl methyl sites for hydroxylation is 1. The molecule has 3 rings (SSSR count). The van der Waals surface area contributed by atoms with E-state index in [4.69, 9.17) is 10.5 Å². The lowest BCUT2D eigenvalue weighted by Crippen LogP contribution is -2.47. The molecule has 1 saturated heterocycles. The van der Waals surface area contributed by atoms with Crippen LogP contribution in [0.25, 0.3) is 0 Å². The number of aromatic nitrogens is 2. The van der Waals surface area contributed by atoms with Crippen molar-refractivity contribution in [2.45, 2.75) is 39.8 Å². The first-order valence-corrected chi connectivity index (χ1v) is 9.54. The molecule has 1 aromatic carbocycles. The van der Waals surface area contributed by atoms with Gasteiger partial charge in [-0.05, 0) is 18.9 Å². The number of morpholine rings is 1. The zero-order valence-electron chi connectivity index (χ0n) is 16.1. The van der Waals surface area contributed by atoms with Gasteiger partial charge in [-0.1, -0.05) is 43.2 Å². The molecule has 2 N–H and O–H groups in total. The minimum absolute atomic E-state index is 0.238. The molecule has 0 bridgehead atoms. The van der Waals surface area contributed by atoms with Gasteiger partial charge in [0.05, 0.1) is 19.8 Å². The fourth-order valence-corrected chi connectivity index (χ4v) is 3.33. The van der Waals surface area contributed by atoms with E-state index in [0.29, 0.717) is 38.5 Å². The van der Waals surface area contributed by atoms with Gasteiger partial charge in [-0.2, -0.15) is 0 Å². The van der Waals surface area contributed by atoms with Crippen LogP contribution in [0, 0.1) is 6.92 Å². The number of nitrogens with two attached hydrogens (primary N) is 1. The smallest absolute Gasteiger partial charge is 0.332 e. The van der Waals surface area contributed by atoms with E-state index >= 15 is 0 Å². The zero-order chi connectivity index (χ0) is 19.4. The molecule has 0 saturated carbocycles. The maximum atomic E-state index is 13.2. The highest BCUT2D eigenvalue weighted by atomic mass is 16.5. The topological polar surface area (TPSA) is 82.5 Å². The number of hydrogen-bond donors (Lipinski definition) is 1. The Morgan fingerprint density at radius 2 is 1.74 bits per heavy atom. The van der Waals surface area contributed by atoms with E-state index in [-0.39, 0.29) is 23.6 Å². The fraction of sp³-hybridized carbons (Fsp3) is 0.500. The van der Waals surface area contributed by atoms with Crippen molar-refractivity contribution in [1.82, 2.24) is 9.13 Å². The second-order valence-corrected chi connectivity index (χ2v) is 7.00. The molecule has 2 heterocycles. The molecular formula is C20H28N4O3. The van der Waals surface area contributed by atoms with E-state index in [1.54, 1.807) is 4.57 Å². The molecule has 146 valence electrons. The number of nitrogens with zero attached hydrogens (tertiary/aromatic N) is 3. The second-order valence-electron chi connectivity index (χ2n) is 7.00. The van der Waals surface area contributed by atoms with Crippen LogP contribution in [0.4, 0.5) is 11.5 Å². The SMILES string of the molecule is CCCCn1c(N)c(N2CCOCC2)c(=O)n(Cc2ccc(C)cc2)c1=O. The number of anilines is 2. The second kappa shape index (κ2) is 8.43. The van der Waals surface area contributed by atoms with Crippen molar-refractivity contribution in [2.24, 2.45) is 0 Å². The van der Waals surface area contributed by atoms with Crippen molar-refractivity contribution in [1.29, 1.82) is 0 Å². The van der Waals surface area contributed by atoms with Crippen LogP contribution in [0.3, 0.4) is 0 Å². The summed E-state index contributed by atoms with van der Waals surface area (Å²) in [5, 5.41) is 0. The highest BCUT2D eigenvalue weighted by Crippen LogP contribution is 2.19. The zero-order valence-corrected chi connectivity index (χ0v) is 16.1. The Hall–Kier alpha value is -2.54. The van der Waals surface area contributed by atoms with Crippen LogP contribution in [-0.2, 0) is 17.8 Å². The molecule has 2 aromatic rings. The van der Waals surface area contributed by atoms with Crippen LogP contribution in [0.5, 0.6) is 0 Å². The van der Waals surface area contributed by atoms with Crippen molar-refractivity contribution in [2.75, 3.05) is 36.9 Å². The van der Waals surface area contributed by atoms with Gasteiger partial charge >= 0.3 is 5.69 Å². The molecular weight excluding hydrogens is 344 g/mol. The Balaban J connectivity index is 2.11. The van der Waals surface area contributed by atoms with E-state index in [1.165, 1.54) is 4.57 Å². The summed E-state index contributed by atoms with van der Waals surface area (Å²) < 4.78 is 8.25. The number of unbranched alkanes of at least 4 members (excludes halogenated alkanes) is 1. The van der Waals surface area contributed by atoms with Crippen molar-refractivity contribution in [3.63, 3.8) is 0 Å². The molecule has 0 unspecified atom stereocenters. The Kier molecular flexibility index (Phi) is 6.01. The summed E-state index contributed by atoms with van der Waals surface area (Å²) in [6, 6.07) is 7.86. The quantitative estimate of drug-likeness (QED) is 0.833. The van der Waals surface area contributed by atoms with Crippen LogP contribution in [-0.4, -0.2) is 35.4 Å². The van der Waals surface area contributed by atoms with Crippen LogP contribution < -0.4 is 21.9 Å². The Morgan fingerprint density at radius 3 is 2.37 bits per heavy atom. The minimum atomic E-state index is -0.344. The van der Waals surface area contributed by atoms with E-state index in [0.717, 1.165) is 24.0 Å². The fourth-order valence-electron chi connectivity index (χ4n) is 3.33. The number of nitrogen functional groups attached to an aromatic ring is 1. The molecule has 0 aliphatic carbocycles. The summed E-state index contributed by atoms with van der Waals surface area (Å²) in [7, 11) is 0. The molecule has 7 heteroatoms. The van der Waals surface area contributed by atoms with Gasteiger partial charge < -0.3 is 15.4 Å². The van der Waals surface area contributed by atoms with Crippen LogP contribution >= 0.6 is 0 Å². The van der Waals surface area contributed by atoms with E-state index < -0.39 is 0 Å². The van der Waals surface area contributed by atoms with Gasteiger partial charge in [0, 0.05) is 19.6 Å². The molecule has 27 heavy (non-hydrogen) atoms. The largest absolute Gasteiger partial charge is 0.383 e. The normalized spacial score (nSPS) is 14.5. The van der Waals surface area contributed by atoms with Gasteiger partial charge in [-0.3, -0.25) is 13.9 Å². The first-order chi connectivity index (χ1) is 13.0. The molecule has 0 radical (unpaired) electrons. The average Bonchev–Trinajstić information content (AvgIpc) is 2.67. The van der Waals surface area contributed by atoms with Crippen molar-refractivity contribution >= 4 is 11.5 Å². The lowest BCUT2D eigenvalue weighted by Gasteiger charge is -2.30. The minimum Gasteiger partial charge on any atom is -0.383 e. The Bertz CT molecular complexity index is 893. The number of ether oxygens (including phenoxy) is 1. The molecule has 1 aromatic heterocycles. The predicted octanol–water partition coefficient (Wildman–Crippen LogP) is 1.59. The Labute approximate surface area is 159 Å². The first-order valence-electron chi connectivity index (χ1n) is 9.54. The summed E-state index contributed by atoms with van der Waals surface area (Å²) in [6.07, 6.45) is 1.77. The highest BCUT2D eigenvalue weighted by Gasteiger charge is 2.23. The molecule has 0 atom stereocenters. The van der Waals surface area contributed by atoms with Gasteiger partial charge in [-0.15, -0.1) is 0 Å². The summed E-state index contributed by atoms with van der Waals surface area (Å²) in [4.78, 5) is 28.2. The molecule has 7 nitrogen and oxygen atoms in total. The predicted molar refractivity (Wildman–Crippen MR) is 108 cm³/mol. The van der Waals surface area contributed by atoms with Gasteiger partial charge in [0.1, 0.15) is 11.5 Å². The van der Waals surface area contributed by atoms with Gasteiger partial charge in [0.15, 0.2) is 0 Å². The molecule has 1 aliphatic rings. The van der Waals surface area contributed by atoms with Gasteiger partial charge in [0.25, 0.3) is 5.56 Å². The van der Waals surface area contributed by atoms with Gasteiger partial charge in [-0.25, -0.2) is 4.79 Å². The van der Waals surface area contributed by atoms with E-state index in [9.17, 15) is 9.59 Å². The van der Waals surface area contributed by atoms with E-state index in [1.807, 2.05) is 36.1 Å². The lowest BCUT2D eigenvalue weighted by atomic mass is 10.1. The van der Waals surface area contributed by atoms with Crippen molar-refractivity contribution in [3.8, 4) is 0 Å². The summed E-state index contributed by atoms with van der Waals surface area (Å²) in [5.74, 6) is 0.264. The maximum absolute atomic E-state index is 13.2. The van der Waals surface area contributed by atoms with E-state index in [2.05, 4.69) is 6.92 Å². The third kappa shape index (κ3) is 4.08. The highest BCUT2D eigenvalue weighted by molar-refractivity contribution is 5.63. The Morgan fingerprint density at radius 1 is 1.07 bits per heavy atom. The number of benzene rings is 1. The molecule has 0 spiro atoms. The maximum Gasteiger partial charge on any atom is 0.332 e. The van der Waals surface area contributed by atoms with Crippen molar-refractivity contribution < 1.29 is 4.74 Å². The standard InChI is InChI=1S/C20H28N4O3/c1-3-4-9-23-18(21)17(22-10-12-27-13-11-22)19(25)24(20(23)26)14-16-7-5-15(2)6-8-16/h5-8H,3-4,9-14,21H2,1-2H3. The average molecular weight is 372 g/mol. The van der Waals surface area contributed by atoms with Crippen LogP contribution in [0.1, 0.15) is 30.9 Å². The molecule has 0 amide bonds. The van der Waals surface area contributed by atoms with Gasteiger partial charge in [0.2, 0.25) is 0 Å². The van der Waals surface area contributed by atoms with Crippen LogP contribution in [0.15, 0.2) is 33.9 Å².